The summed E-state index contributed by atoms with van der Waals surface area (Å²) in [4.78, 5) is 11.4. The van der Waals surface area contributed by atoms with Crippen LogP contribution in [0.2, 0.25) is 0 Å². The predicted molar refractivity (Wildman–Crippen MR) is 50.7 cm³/mol. The van der Waals surface area contributed by atoms with E-state index in [1.807, 2.05) is 12.1 Å². The molecule has 2 aliphatic rings. The topological polar surface area (TPSA) is 29.1 Å². The molecule has 2 heteroatoms. The summed E-state index contributed by atoms with van der Waals surface area (Å²) in [5, 5.41) is 2.95. The Hall–Kier alpha value is -1.31. The van der Waals surface area contributed by atoms with E-state index < -0.39 is 0 Å². The van der Waals surface area contributed by atoms with Gasteiger partial charge in [-0.2, -0.15) is 0 Å². The van der Waals surface area contributed by atoms with Gasteiger partial charge in [0.25, 0.3) is 0 Å². The highest BCUT2D eigenvalue weighted by atomic mass is 16.2. The first-order chi connectivity index (χ1) is 6.27. The first-order valence-electron chi connectivity index (χ1n) is 4.68. The molecule has 0 saturated heterocycles. The maximum atomic E-state index is 11.4. The third-order valence-corrected chi connectivity index (χ3v) is 3.08. The molecule has 1 saturated carbocycles. The molecular formula is C11H11NO. The number of hydrogen-bond donors (Lipinski definition) is 1. The third kappa shape index (κ3) is 0.857. The number of aryl methyl sites for hydroxylation is 1. The summed E-state index contributed by atoms with van der Waals surface area (Å²) in [5.74, 6) is 1.00. The number of carbonyl (C=O) groups excluding carboxylic acids is 1. The van der Waals surface area contributed by atoms with Crippen LogP contribution in [0, 0.1) is 12.8 Å². The van der Waals surface area contributed by atoms with Gasteiger partial charge in [0.05, 0.1) is 0 Å². The molecule has 1 aromatic rings. The lowest BCUT2D eigenvalue weighted by Crippen LogP contribution is -2.20. The molecular weight excluding hydrogens is 162 g/mol. The van der Waals surface area contributed by atoms with Crippen molar-refractivity contribution in [2.24, 2.45) is 5.92 Å². The molecule has 1 amide bonds. The van der Waals surface area contributed by atoms with Gasteiger partial charge in [-0.15, -0.1) is 0 Å². The van der Waals surface area contributed by atoms with Crippen molar-refractivity contribution in [1.82, 2.24) is 0 Å². The molecule has 2 unspecified atom stereocenters. The van der Waals surface area contributed by atoms with Gasteiger partial charge in [0.2, 0.25) is 5.91 Å². The molecule has 0 spiro atoms. The van der Waals surface area contributed by atoms with Crippen LogP contribution >= 0.6 is 0 Å². The molecule has 1 fully saturated rings. The summed E-state index contributed by atoms with van der Waals surface area (Å²) in [6.07, 6.45) is 1.05. The summed E-state index contributed by atoms with van der Waals surface area (Å²) in [5.41, 5.74) is 3.71. The summed E-state index contributed by atoms with van der Waals surface area (Å²) < 4.78 is 0. The Morgan fingerprint density at radius 3 is 3.08 bits per heavy atom. The summed E-state index contributed by atoms with van der Waals surface area (Å²) in [6, 6.07) is 6.11. The Bertz CT molecular complexity index is 397. The number of amides is 1. The standard InChI is InChI=1S/C11H11NO/c1-6-3-2-4-9-10(6)7-5-8(7)11(13)12-9/h2-4,7-8H,5H2,1H3,(H,12,13). The Kier molecular flexibility index (Phi) is 1.17. The highest BCUT2D eigenvalue weighted by Crippen LogP contribution is 2.54. The highest BCUT2D eigenvalue weighted by Gasteiger charge is 2.48. The molecule has 2 atom stereocenters. The molecule has 1 heterocycles. The fourth-order valence-electron chi connectivity index (χ4n) is 2.31. The molecule has 0 bridgehead atoms. The van der Waals surface area contributed by atoms with Crippen LogP contribution in [0.3, 0.4) is 0 Å². The molecule has 1 aliphatic heterocycles. The first-order valence-corrected chi connectivity index (χ1v) is 4.68. The Morgan fingerprint density at radius 1 is 1.38 bits per heavy atom. The Morgan fingerprint density at radius 2 is 2.23 bits per heavy atom. The van der Waals surface area contributed by atoms with Gasteiger partial charge in [0.1, 0.15) is 0 Å². The molecule has 0 aromatic heterocycles. The van der Waals surface area contributed by atoms with Crippen molar-refractivity contribution >= 4 is 11.6 Å². The number of fused-ring (bicyclic) bond motifs is 3. The zero-order chi connectivity index (χ0) is 9.00. The molecule has 1 aliphatic carbocycles. The zero-order valence-corrected chi connectivity index (χ0v) is 7.50. The van der Waals surface area contributed by atoms with Crippen LogP contribution in [0.4, 0.5) is 5.69 Å². The van der Waals surface area contributed by atoms with Crippen molar-refractivity contribution in [3.63, 3.8) is 0 Å². The summed E-state index contributed by atoms with van der Waals surface area (Å²) >= 11 is 0. The van der Waals surface area contributed by atoms with Crippen LogP contribution in [0.15, 0.2) is 18.2 Å². The molecule has 1 N–H and O–H groups in total. The molecule has 3 rings (SSSR count). The second-order valence-corrected chi connectivity index (χ2v) is 3.97. The van der Waals surface area contributed by atoms with E-state index in [1.165, 1.54) is 11.1 Å². The molecule has 1 aromatic carbocycles. The second kappa shape index (κ2) is 2.13. The zero-order valence-electron chi connectivity index (χ0n) is 7.50. The van der Waals surface area contributed by atoms with E-state index in [2.05, 4.69) is 18.3 Å². The van der Waals surface area contributed by atoms with Crippen molar-refractivity contribution in [2.45, 2.75) is 19.3 Å². The van der Waals surface area contributed by atoms with Crippen molar-refractivity contribution in [3.05, 3.63) is 29.3 Å². The first kappa shape index (κ1) is 7.13. The number of carbonyl (C=O) groups is 1. The van der Waals surface area contributed by atoms with Crippen molar-refractivity contribution < 1.29 is 4.79 Å². The lowest BCUT2D eigenvalue weighted by molar-refractivity contribution is -0.117. The van der Waals surface area contributed by atoms with Crippen LogP contribution in [-0.2, 0) is 4.79 Å². The Labute approximate surface area is 77.0 Å². The van der Waals surface area contributed by atoms with Crippen molar-refractivity contribution in [2.75, 3.05) is 5.32 Å². The highest BCUT2D eigenvalue weighted by molar-refractivity contribution is 5.99. The quantitative estimate of drug-likeness (QED) is 0.639. The molecule has 0 radical (unpaired) electrons. The van der Waals surface area contributed by atoms with E-state index >= 15 is 0 Å². The van der Waals surface area contributed by atoms with Gasteiger partial charge in [-0.1, -0.05) is 12.1 Å². The lowest BCUT2D eigenvalue weighted by atomic mass is 9.98. The van der Waals surface area contributed by atoms with Crippen molar-refractivity contribution in [3.8, 4) is 0 Å². The number of nitrogens with one attached hydrogen (secondary N) is 1. The third-order valence-electron chi connectivity index (χ3n) is 3.08. The summed E-state index contributed by atoms with van der Waals surface area (Å²) in [6.45, 7) is 2.12. The van der Waals surface area contributed by atoms with Crippen LogP contribution in [0.25, 0.3) is 0 Å². The lowest BCUT2D eigenvalue weighted by Gasteiger charge is -2.17. The van der Waals surface area contributed by atoms with E-state index in [1.54, 1.807) is 0 Å². The minimum atomic E-state index is 0.211. The normalized spacial score (nSPS) is 28.8. The van der Waals surface area contributed by atoms with E-state index in [4.69, 9.17) is 0 Å². The average molecular weight is 173 g/mol. The fraction of sp³-hybridized carbons (Fsp3) is 0.364. The van der Waals surface area contributed by atoms with Gasteiger partial charge < -0.3 is 5.32 Å². The van der Waals surface area contributed by atoms with Gasteiger partial charge in [-0.3, -0.25) is 4.79 Å². The number of rotatable bonds is 0. The number of anilines is 1. The van der Waals surface area contributed by atoms with Gasteiger partial charge >= 0.3 is 0 Å². The smallest absolute Gasteiger partial charge is 0.228 e. The van der Waals surface area contributed by atoms with Crippen LogP contribution in [0.1, 0.15) is 23.5 Å². The monoisotopic (exact) mass is 173 g/mol. The fourth-order valence-corrected chi connectivity index (χ4v) is 2.31. The van der Waals surface area contributed by atoms with Gasteiger partial charge in [-0.25, -0.2) is 0 Å². The van der Waals surface area contributed by atoms with Crippen LogP contribution in [0.5, 0.6) is 0 Å². The largest absolute Gasteiger partial charge is 0.326 e. The number of benzene rings is 1. The minimum Gasteiger partial charge on any atom is -0.326 e. The SMILES string of the molecule is Cc1cccc2c1C1CC1C(=O)N2. The van der Waals surface area contributed by atoms with E-state index in [0.29, 0.717) is 5.92 Å². The summed E-state index contributed by atoms with van der Waals surface area (Å²) in [7, 11) is 0. The van der Waals surface area contributed by atoms with E-state index in [9.17, 15) is 4.79 Å². The molecule has 13 heavy (non-hydrogen) atoms. The van der Waals surface area contributed by atoms with E-state index in [0.717, 1.165) is 12.1 Å². The van der Waals surface area contributed by atoms with Crippen LogP contribution in [-0.4, -0.2) is 5.91 Å². The molecule has 2 nitrogen and oxygen atoms in total. The van der Waals surface area contributed by atoms with Crippen molar-refractivity contribution in [1.29, 1.82) is 0 Å². The van der Waals surface area contributed by atoms with Gasteiger partial charge in [0, 0.05) is 11.6 Å². The predicted octanol–water partition coefficient (Wildman–Crippen LogP) is 2.05. The maximum absolute atomic E-state index is 11.4. The van der Waals surface area contributed by atoms with Gasteiger partial charge in [-0.05, 0) is 36.5 Å². The van der Waals surface area contributed by atoms with Crippen LogP contribution < -0.4 is 5.32 Å². The van der Waals surface area contributed by atoms with Gasteiger partial charge in [0.15, 0.2) is 0 Å². The average Bonchev–Trinajstić information content (AvgIpc) is 2.83. The Balaban J connectivity index is 2.20. The number of hydrogen-bond acceptors (Lipinski definition) is 1. The van der Waals surface area contributed by atoms with E-state index in [-0.39, 0.29) is 11.8 Å². The minimum absolute atomic E-state index is 0.211. The molecule has 66 valence electrons. The maximum Gasteiger partial charge on any atom is 0.228 e. The second-order valence-electron chi connectivity index (χ2n) is 3.97.